The SMILES string of the molecule is CCCCCCCCCCCC.CCCCCCCCCCCCOS(=O)(=O)c1ccccc1.[Ca+2].[H-].[H-]. The summed E-state index contributed by atoms with van der Waals surface area (Å²) in [7, 11) is -3.57. The largest absolute Gasteiger partial charge is 2.00 e. The molecule has 0 aromatic heterocycles. The fourth-order valence-electron chi connectivity index (χ4n) is 3.97. The van der Waals surface area contributed by atoms with Crippen LogP contribution < -0.4 is 0 Å². The molecule has 0 N–H and O–H groups in total. The molecule has 0 aliphatic heterocycles. The molecule has 0 fully saturated rings. The van der Waals surface area contributed by atoms with Crippen LogP contribution in [0.4, 0.5) is 0 Å². The normalized spacial score (nSPS) is 10.9. The Labute approximate surface area is 252 Å². The van der Waals surface area contributed by atoms with Gasteiger partial charge < -0.3 is 2.85 Å². The van der Waals surface area contributed by atoms with Crippen LogP contribution in [0.25, 0.3) is 0 Å². The summed E-state index contributed by atoms with van der Waals surface area (Å²) in [6, 6.07) is 8.33. The van der Waals surface area contributed by atoms with Crippen LogP contribution in [0, 0.1) is 0 Å². The van der Waals surface area contributed by atoms with Crippen molar-refractivity contribution in [2.75, 3.05) is 6.61 Å². The third-order valence-corrected chi connectivity index (χ3v) is 7.55. The Morgan fingerprint density at radius 2 is 0.857 bits per heavy atom. The van der Waals surface area contributed by atoms with Gasteiger partial charge in [-0.15, -0.1) is 0 Å². The van der Waals surface area contributed by atoms with Crippen molar-refractivity contribution in [2.45, 2.75) is 154 Å². The average molecular weight is 539 g/mol. The first kappa shape index (κ1) is 37.5. The summed E-state index contributed by atoms with van der Waals surface area (Å²) >= 11 is 0. The van der Waals surface area contributed by atoms with Crippen LogP contribution in [-0.2, 0) is 14.3 Å². The molecular formula is C30H58CaO3S. The smallest absolute Gasteiger partial charge is 1.00 e. The van der Waals surface area contributed by atoms with Gasteiger partial charge >= 0.3 is 37.7 Å². The molecule has 1 aromatic carbocycles. The quantitative estimate of drug-likeness (QED) is 0.0837. The Morgan fingerprint density at radius 1 is 0.543 bits per heavy atom. The third kappa shape index (κ3) is 25.8. The van der Waals surface area contributed by atoms with Gasteiger partial charge in [-0.25, -0.2) is 0 Å². The van der Waals surface area contributed by atoms with E-state index < -0.39 is 10.1 Å². The molecule has 0 heterocycles. The zero-order valence-electron chi connectivity index (χ0n) is 25.6. The van der Waals surface area contributed by atoms with Crippen molar-refractivity contribution in [1.82, 2.24) is 0 Å². The summed E-state index contributed by atoms with van der Waals surface area (Å²) in [6.07, 6.45) is 26.7. The molecule has 0 saturated carbocycles. The van der Waals surface area contributed by atoms with Gasteiger partial charge in [0, 0.05) is 0 Å². The van der Waals surface area contributed by atoms with Crippen LogP contribution in [-0.4, -0.2) is 52.8 Å². The van der Waals surface area contributed by atoms with Crippen molar-refractivity contribution >= 4 is 47.9 Å². The Kier molecular flexibility index (Phi) is 31.1. The first-order valence-corrected chi connectivity index (χ1v) is 15.9. The maximum atomic E-state index is 11.9. The van der Waals surface area contributed by atoms with Gasteiger partial charge in [0.15, 0.2) is 0 Å². The Hall–Kier alpha value is 0.390. The van der Waals surface area contributed by atoms with Crippen molar-refractivity contribution in [1.29, 1.82) is 0 Å². The molecular weight excluding hydrogens is 480 g/mol. The zero-order valence-corrected chi connectivity index (χ0v) is 26.6. The molecule has 0 aliphatic carbocycles. The fraction of sp³-hybridized carbons (Fsp3) is 0.800. The summed E-state index contributed by atoms with van der Waals surface area (Å²) in [5.41, 5.74) is 0. The Bertz CT molecular complexity index is 621. The minimum atomic E-state index is -3.57. The third-order valence-electron chi connectivity index (χ3n) is 6.23. The van der Waals surface area contributed by atoms with Crippen molar-refractivity contribution < 1.29 is 15.5 Å². The summed E-state index contributed by atoms with van der Waals surface area (Å²) < 4.78 is 28.8. The van der Waals surface area contributed by atoms with Crippen LogP contribution in [0.15, 0.2) is 35.2 Å². The van der Waals surface area contributed by atoms with E-state index >= 15 is 0 Å². The molecule has 0 radical (unpaired) electrons. The molecule has 5 heteroatoms. The second-order valence-electron chi connectivity index (χ2n) is 9.60. The number of rotatable bonds is 22. The standard InChI is InChI=1S/C18H30O3S.C12H26.Ca.2H/c1-2-3-4-5-6-7-8-9-10-14-17-21-22(19,20)18-15-12-11-13-16-18;1-3-5-7-9-11-12-10-8-6-4-2;;;/h11-13,15-16H,2-10,14,17H2,1H3;3-12H2,1-2H3;;;/q;;+2;2*-1. The van der Waals surface area contributed by atoms with Gasteiger partial charge in [-0.3, -0.25) is 4.18 Å². The van der Waals surface area contributed by atoms with E-state index in [-0.39, 0.29) is 52.1 Å². The van der Waals surface area contributed by atoms with Gasteiger partial charge in [-0.1, -0.05) is 161 Å². The molecule has 0 aliphatic rings. The van der Waals surface area contributed by atoms with E-state index in [1.807, 2.05) is 0 Å². The van der Waals surface area contributed by atoms with Crippen LogP contribution in [0.3, 0.4) is 0 Å². The molecule has 0 saturated heterocycles. The summed E-state index contributed by atoms with van der Waals surface area (Å²) in [5, 5.41) is 0. The average Bonchev–Trinajstić information content (AvgIpc) is 2.85. The molecule has 204 valence electrons. The second-order valence-corrected chi connectivity index (χ2v) is 11.2. The summed E-state index contributed by atoms with van der Waals surface area (Å²) in [4.78, 5) is 0.238. The minimum Gasteiger partial charge on any atom is -1.00 e. The van der Waals surface area contributed by atoms with Crippen LogP contribution in [0.5, 0.6) is 0 Å². The van der Waals surface area contributed by atoms with Crippen LogP contribution >= 0.6 is 0 Å². The van der Waals surface area contributed by atoms with E-state index in [0.29, 0.717) is 0 Å². The van der Waals surface area contributed by atoms with Gasteiger partial charge in [-0.05, 0) is 18.6 Å². The van der Waals surface area contributed by atoms with E-state index in [4.69, 9.17) is 4.18 Å². The van der Waals surface area contributed by atoms with Gasteiger partial charge in [-0.2, -0.15) is 8.42 Å². The maximum Gasteiger partial charge on any atom is 2.00 e. The number of benzene rings is 1. The zero-order chi connectivity index (χ0) is 25.2. The second kappa shape index (κ2) is 29.0. The number of hydrogen-bond donors (Lipinski definition) is 0. The number of hydrogen-bond acceptors (Lipinski definition) is 3. The van der Waals surface area contributed by atoms with Gasteiger partial charge in [0.25, 0.3) is 10.1 Å². The van der Waals surface area contributed by atoms with Crippen LogP contribution in [0.1, 0.15) is 152 Å². The fourth-order valence-corrected chi connectivity index (χ4v) is 4.94. The molecule has 0 amide bonds. The van der Waals surface area contributed by atoms with Crippen LogP contribution in [0.2, 0.25) is 0 Å². The summed E-state index contributed by atoms with van der Waals surface area (Å²) in [6.45, 7) is 7.08. The number of unbranched alkanes of at least 4 members (excludes halogenated alkanes) is 18. The summed E-state index contributed by atoms with van der Waals surface area (Å²) in [5.74, 6) is 0. The predicted octanol–water partition coefficient (Wildman–Crippen LogP) is 10.1. The van der Waals surface area contributed by atoms with Crippen molar-refractivity contribution in [3.05, 3.63) is 30.3 Å². The van der Waals surface area contributed by atoms with E-state index in [0.717, 1.165) is 12.8 Å². The minimum absolute atomic E-state index is 0. The topological polar surface area (TPSA) is 43.4 Å². The molecule has 0 spiro atoms. The Balaban J connectivity index is -0.000000315. The van der Waals surface area contributed by atoms with Gasteiger partial charge in [0.2, 0.25) is 0 Å². The first-order chi connectivity index (χ1) is 16.6. The van der Waals surface area contributed by atoms with E-state index in [2.05, 4.69) is 20.8 Å². The first-order valence-electron chi connectivity index (χ1n) is 14.5. The molecule has 0 unspecified atom stereocenters. The molecule has 0 bridgehead atoms. The van der Waals surface area contributed by atoms with E-state index in [9.17, 15) is 8.42 Å². The monoisotopic (exact) mass is 538 g/mol. The van der Waals surface area contributed by atoms with E-state index in [1.54, 1.807) is 30.3 Å². The molecule has 35 heavy (non-hydrogen) atoms. The molecule has 0 atom stereocenters. The van der Waals surface area contributed by atoms with Crippen molar-refractivity contribution in [3.63, 3.8) is 0 Å². The van der Waals surface area contributed by atoms with Gasteiger partial charge in [0.1, 0.15) is 0 Å². The molecule has 1 rings (SSSR count). The predicted molar refractivity (Wildman–Crippen MR) is 157 cm³/mol. The van der Waals surface area contributed by atoms with Gasteiger partial charge in [0.05, 0.1) is 11.5 Å². The molecule has 3 nitrogen and oxygen atoms in total. The Morgan fingerprint density at radius 3 is 1.20 bits per heavy atom. The molecule has 1 aromatic rings. The maximum absolute atomic E-state index is 11.9. The van der Waals surface area contributed by atoms with Crippen molar-refractivity contribution in [3.8, 4) is 0 Å². The van der Waals surface area contributed by atoms with E-state index in [1.165, 1.54) is 116 Å². The van der Waals surface area contributed by atoms with Crippen molar-refractivity contribution in [2.24, 2.45) is 0 Å².